The van der Waals surface area contributed by atoms with E-state index < -0.39 is 0 Å². The van der Waals surface area contributed by atoms with Crippen LogP contribution in [-0.4, -0.2) is 62.4 Å². The molecule has 1 fully saturated rings. The van der Waals surface area contributed by atoms with E-state index in [2.05, 4.69) is 4.98 Å². The van der Waals surface area contributed by atoms with Gasteiger partial charge in [-0.05, 0) is 39.4 Å². The smallest absolute Gasteiger partial charge is 0.338 e. The van der Waals surface area contributed by atoms with Crippen molar-refractivity contribution in [3.05, 3.63) is 23.9 Å². The third-order valence-electron chi connectivity index (χ3n) is 3.43. The lowest BCUT2D eigenvalue weighted by molar-refractivity contribution is -0.0300. The Morgan fingerprint density at radius 2 is 2.26 bits per heavy atom. The summed E-state index contributed by atoms with van der Waals surface area (Å²) in [6, 6.07) is 3.24. The molecule has 2 rings (SSSR count). The van der Waals surface area contributed by atoms with Gasteiger partial charge in [-0.3, -0.25) is 0 Å². The summed E-state index contributed by atoms with van der Waals surface area (Å²) in [5.74, 6) is 0.0687. The van der Waals surface area contributed by atoms with Crippen molar-refractivity contribution in [1.82, 2.24) is 9.88 Å². The molecule has 1 saturated heterocycles. The summed E-state index contributed by atoms with van der Waals surface area (Å²) in [5.41, 5.74) is 0.450. The fourth-order valence-corrected chi connectivity index (χ4v) is 2.14. The lowest BCUT2D eigenvalue weighted by Crippen LogP contribution is -2.26. The maximum absolute atomic E-state index is 12.1. The molecule has 1 atom stereocenters. The first kappa shape index (κ1) is 19.7. The molecule has 0 radical (unpaired) electrons. The summed E-state index contributed by atoms with van der Waals surface area (Å²) in [4.78, 5) is 18.2. The number of rotatable bonds is 7. The lowest BCUT2D eigenvalue weighted by atomic mass is 10.1. The SMILES string of the molecule is CN(C)CCOc1cc(C(=O)OCC2CCCCO2)ccn1.Cl. The Hall–Kier alpha value is -1.37. The van der Waals surface area contributed by atoms with Gasteiger partial charge in [0.25, 0.3) is 0 Å². The van der Waals surface area contributed by atoms with E-state index in [0.29, 0.717) is 24.7 Å². The highest BCUT2D eigenvalue weighted by Crippen LogP contribution is 2.15. The molecule has 0 spiro atoms. The second-order valence-electron chi connectivity index (χ2n) is 5.62. The zero-order valence-corrected chi connectivity index (χ0v) is 14.5. The third-order valence-corrected chi connectivity index (χ3v) is 3.43. The van der Waals surface area contributed by atoms with E-state index in [1.807, 2.05) is 19.0 Å². The Balaban J connectivity index is 0.00000264. The van der Waals surface area contributed by atoms with Gasteiger partial charge in [0.2, 0.25) is 5.88 Å². The first-order valence-electron chi connectivity index (χ1n) is 7.67. The van der Waals surface area contributed by atoms with Crippen molar-refractivity contribution in [3.63, 3.8) is 0 Å². The van der Waals surface area contributed by atoms with Crippen LogP contribution in [0.4, 0.5) is 0 Å². The van der Waals surface area contributed by atoms with Crippen LogP contribution in [0, 0.1) is 0 Å². The normalized spacial score (nSPS) is 17.4. The minimum Gasteiger partial charge on any atom is -0.476 e. The number of carbonyl (C=O) groups is 1. The topological polar surface area (TPSA) is 60.9 Å². The fourth-order valence-electron chi connectivity index (χ4n) is 2.14. The van der Waals surface area contributed by atoms with Gasteiger partial charge in [0.15, 0.2) is 0 Å². The zero-order valence-electron chi connectivity index (χ0n) is 13.7. The molecule has 6 nitrogen and oxygen atoms in total. The van der Waals surface area contributed by atoms with Crippen LogP contribution in [0.3, 0.4) is 0 Å². The first-order chi connectivity index (χ1) is 10.6. The molecule has 1 aromatic heterocycles. The molecule has 2 heterocycles. The minimum absolute atomic E-state index is 0. The third kappa shape index (κ3) is 7.16. The average Bonchev–Trinajstić information content (AvgIpc) is 2.53. The highest BCUT2D eigenvalue weighted by molar-refractivity contribution is 5.89. The molecule has 0 amide bonds. The van der Waals surface area contributed by atoms with Gasteiger partial charge < -0.3 is 19.1 Å². The maximum Gasteiger partial charge on any atom is 0.338 e. The van der Waals surface area contributed by atoms with Gasteiger partial charge >= 0.3 is 5.97 Å². The van der Waals surface area contributed by atoms with E-state index in [1.165, 1.54) is 0 Å². The summed E-state index contributed by atoms with van der Waals surface area (Å²) >= 11 is 0. The van der Waals surface area contributed by atoms with Crippen LogP contribution in [0.15, 0.2) is 18.3 Å². The summed E-state index contributed by atoms with van der Waals surface area (Å²) in [7, 11) is 3.94. The number of esters is 1. The Morgan fingerprint density at radius 1 is 1.43 bits per heavy atom. The van der Waals surface area contributed by atoms with E-state index in [0.717, 1.165) is 32.4 Å². The second kappa shape index (κ2) is 10.4. The maximum atomic E-state index is 12.1. The summed E-state index contributed by atoms with van der Waals surface area (Å²) < 4.78 is 16.4. The zero-order chi connectivity index (χ0) is 15.8. The molecule has 0 saturated carbocycles. The van der Waals surface area contributed by atoms with Gasteiger partial charge in [0.1, 0.15) is 13.2 Å². The Bertz CT molecular complexity index is 479. The fraction of sp³-hybridized carbons (Fsp3) is 0.625. The standard InChI is InChI=1S/C16H24N2O4.ClH/c1-18(2)8-10-21-15-11-13(6-7-17-15)16(19)22-12-14-5-3-4-9-20-14;/h6-7,11,14H,3-5,8-10,12H2,1-2H3;1H. The Morgan fingerprint density at radius 3 is 2.96 bits per heavy atom. The highest BCUT2D eigenvalue weighted by Gasteiger charge is 2.17. The molecule has 0 aliphatic carbocycles. The summed E-state index contributed by atoms with van der Waals surface area (Å²) in [6.45, 7) is 2.36. The van der Waals surface area contributed by atoms with Gasteiger partial charge in [0.05, 0.1) is 11.7 Å². The average molecular weight is 345 g/mol. The lowest BCUT2D eigenvalue weighted by Gasteiger charge is -2.22. The van der Waals surface area contributed by atoms with Gasteiger partial charge in [-0.25, -0.2) is 9.78 Å². The second-order valence-corrected chi connectivity index (χ2v) is 5.62. The number of nitrogens with zero attached hydrogens (tertiary/aromatic N) is 2. The molecule has 7 heteroatoms. The number of aromatic nitrogens is 1. The number of halogens is 1. The van der Waals surface area contributed by atoms with Crippen molar-refractivity contribution in [2.45, 2.75) is 25.4 Å². The van der Waals surface area contributed by atoms with Crippen molar-refractivity contribution < 1.29 is 19.0 Å². The summed E-state index contributed by atoms with van der Waals surface area (Å²) in [6.07, 6.45) is 4.74. The molecule has 0 aromatic carbocycles. The molecule has 1 unspecified atom stereocenters. The van der Waals surface area contributed by atoms with E-state index in [1.54, 1.807) is 18.3 Å². The van der Waals surface area contributed by atoms with E-state index in [-0.39, 0.29) is 24.5 Å². The van der Waals surface area contributed by atoms with Crippen LogP contribution in [0.25, 0.3) is 0 Å². The van der Waals surface area contributed by atoms with Gasteiger partial charge in [-0.2, -0.15) is 0 Å². The van der Waals surface area contributed by atoms with E-state index in [9.17, 15) is 4.79 Å². The van der Waals surface area contributed by atoms with Crippen LogP contribution in [0.2, 0.25) is 0 Å². The van der Waals surface area contributed by atoms with Crippen LogP contribution in [0.1, 0.15) is 29.6 Å². The van der Waals surface area contributed by atoms with Crippen molar-refractivity contribution in [1.29, 1.82) is 0 Å². The van der Waals surface area contributed by atoms with Crippen molar-refractivity contribution >= 4 is 18.4 Å². The number of hydrogen-bond donors (Lipinski definition) is 0. The first-order valence-corrected chi connectivity index (χ1v) is 7.67. The molecule has 1 aromatic rings. The largest absolute Gasteiger partial charge is 0.476 e. The molecular weight excluding hydrogens is 320 g/mol. The van der Waals surface area contributed by atoms with Crippen molar-refractivity contribution in [2.75, 3.05) is 40.5 Å². The van der Waals surface area contributed by atoms with E-state index >= 15 is 0 Å². The molecule has 1 aliphatic heterocycles. The number of pyridine rings is 1. The van der Waals surface area contributed by atoms with Crippen molar-refractivity contribution in [2.24, 2.45) is 0 Å². The molecule has 23 heavy (non-hydrogen) atoms. The van der Waals surface area contributed by atoms with E-state index in [4.69, 9.17) is 14.2 Å². The molecule has 0 N–H and O–H groups in total. The monoisotopic (exact) mass is 344 g/mol. The quantitative estimate of drug-likeness (QED) is 0.706. The van der Waals surface area contributed by atoms with Crippen LogP contribution in [0.5, 0.6) is 5.88 Å². The number of carbonyl (C=O) groups excluding carboxylic acids is 1. The number of likely N-dealkylation sites (N-methyl/N-ethyl adjacent to an activating group) is 1. The van der Waals surface area contributed by atoms with Crippen LogP contribution >= 0.6 is 12.4 Å². The number of hydrogen-bond acceptors (Lipinski definition) is 6. The predicted octanol–water partition coefficient (Wildman–Crippen LogP) is 2.17. The Kier molecular flexibility index (Phi) is 8.91. The Labute approximate surface area is 143 Å². The van der Waals surface area contributed by atoms with Crippen molar-refractivity contribution in [3.8, 4) is 5.88 Å². The van der Waals surface area contributed by atoms with Crippen LogP contribution in [-0.2, 0) is 9.47 Å². The highest BCUT2D eigenvalue weighted by atomic mass is 35.5. The number of ether oxygens (including phenoxy) is 3. The molecular formula is C16H25ClN2O4. The summed E-state index contributed by atoms with van der Waals surface area (Å²) in [5, 5.41) is 0. The molecule has 1 aliphatic rings. The van der Waals surface area contributed by atoms with Gasteiger partial charge in [-0.1, -0.05) is 0 Å². The minimum atomic E-state index is -0.367. The van der Waals surface area contributed by atoms with Crippen LogP contribution < -0.4 is 4.74 Å². The molecule has 130 valence electrons. The molecule has 0 bridgehead atoms. The van der Waals surface area contributed by atoms with Gasteiger partial charge in [0, 0.05) is 25.4 Å². The predicted molar refractivity (Wildman–Crippen MR) is 89.4 cm³/mol. The van der Waals surface area contributed by atoms with Gasteiger partial charge in [-0.15, -0.1) is 12.4 Å².